The van der Waals surface area contributed by atoms with Gasteiger partial charge in [0.05, 0.1) is 13.2 Å². The molecule has 9 heteroatoms. The highest BCUT2D eigenvalue weighted by atomic mass is 16.5. The minimum atomic E-state index is -1.38. The summed E-state index contributed by atoms with van der Waals surface area (Å²) < 4.78 is 4.44. The van der Waals surface area contributed by atoms with Crippen LogP contribution in [0, 0.1) is 0 Å². The maximum atomic E-state index is 11.9. The topological polar surface area (TPSA) is 157 Å². The van der Waals surface area contributed by atoms with Crippen LogP contribution in [0.1, 0.15) is 24.5 Å². The third-order valence-corrected chi connectivity index (χ3v) is 3.25. The quantitative estimate of drug-likeness (QED) is 0.321. The molecule has 2 atom stereocenters. The largest absolute Gasteiger partial charge is 0.467 e. The first-order chi connectivity index (χ1) is 11.3. The second-order valence-electron chi connectivity index (χ2n) is 5.08. The van der Waals surface area contributed by atoms with E-state index >= 15 is 0 Å². The third-order valence-electron chi connectivity index (χ3n) is 3.25. The molecule has 0 saturated heterocycles. The Morgan fingerprint density at radius 3 is 2.42 bits per heavy atom. The molecule has 1 rings (SSSR count). The van der Waals surface area contributed by atoms with Crippen molar-refractivity contribution in [1.29, 1.82) is 0 Å². The number of rotatable bonds is 8. The number of carbonyl (C=O) groups excluding carboxylic acids is 3. The van der Waals surface area contributed by atoms with Crippen LogP contribution in [0.4, 0.5) is 10.5 Å². The number of amides is 3. The normalized spacial score (nSPS) is 12.8. The van der Waals surface area contributed by atoms with Gasteiger partial charge in [-0.05, 0) is 30.5 Å². The molecule has 0 bridgehead atoms. The number of carbonyl (C=O) groups is 3. The smallest absolute Gasteiger partial charge is 0.339 e. The predicted octanol–water partition coefficient (Wildman–Crippen LogP) is -0.393. The molecule has 0 radical (unpaired) electrons. The van der Waals surface area contributed by atoms with E-state index in [1.54, 1.807) is 12.1 Å². The number of esters is 1. The molecular weight excluding hydrogens is 316 g/mol. The molecule has 132 valence electrons. The number of anilines is 1. The number of aliphatic hydroxyl groups is 1. The highest BCUT2D eigenvalue weighted by molar-refractivity contribution is 5.94. The van der Waals surface area contributed by atoms with Crippen LogP contribution in [-0.4, -0.2) is 42.7 Å². The second-order valence-corrected chi connectivity index (χ2v) is 5.08. The summed E-state index contributed by atoms with van der Waals surface area (Å²) in [5.74, 6) is -1.14. The highest BCUT2D eigenvalue weighted by Crippen LogP contribution is 2.17. The van der Waals surface area contributed by atoms with Gasteiger partial charge < -0.3 is 31.9 Å². The van der Waals surface area contributed by atoms with E-state index in [9.17, 15) is 19.5 Å². The van der Waals surface area contributed by atoms with Gasteiger partial charge in [0.15, 0.2) is 6.10 Å². The van der Waals surface area contributed by atoms with Gasteiger partial charge in [0.25, 0.3) is 0 Å². The van der Waals surface area contributed by atoms with Crippen molar-refractivity contribution in [1.82, 2.24) is 5.32 Å². The zero-order chi connectivity index (χ0) is 18.1. The Hall–Kier alpha value is -2.65. The minimum Gasteiger partial charge on any atom is -0.467 e. The first-order valence-electron chi connectivity index (χ1n) is 7.30. The monoisotopic (exact) mass is 338 g/mol. The molecular formula is C15H22N4O5. The zero-order valence-corrected chi connectivity index (χ0v) is 13.3. The summed E-state index contributed by atoms with van der Waals surface area (Å²) in [5, 5.41) is 14.7. The van der Waals surface area contributed by atoms with E-state index in [0.29, 0.717) is 30.6 Å². The van der Waals surface area contributed by atoms with Gasteiger partial charge in [-0.2, -0.15) is 0 Å². The molecule has 24 heavy (non-hydrogen) atoms. The Bertz CT molecular complexity index is 576. The SMILES string of the molecule is COC(=O)C(O)c1ccc(NC(=O)C(N)CCCNC(N)=O)cc1. The van der Waals surface area contributed by atoms with Gasteiger partial charge in [-0.1, -0.05) is 12.1 Å². The molecule has 1 aromatic rings. The van der Waals surface area contributed by atoms with E-state index in [-0.39, 0.29) is 5.91 Å². The van der Waals surface area contributed by atoms with Crippen molar-refractivity contribution in [2.45, 2.75) is 25.0 Å². The summed E-state index contributed by atoms with van der Waals surface area (Å²) in [5.41, 5.74) is 11.5. The van der Waals surface area contributed by atoms with Crippen LogP contribution in [0.15, 0.2) is 24.3 Å². The molecule has 0 aliphatic rings. The molecule has 0 spiro atoms. The fourth-order valence-electron chi connectivity index (χ4n) is 1.90. The van der Waals surface area contributed by atoms with Gasteiger partial charge in [0.2, 0.25) is 5.91 Å². The summed E-state index contributed by atoms with van der Waals surface area (Å²) in [6.45, 7) is 0.344. The fourth-order valence-corrected chi connectivity index (χ4v) is 1.90. The van der Waals surface area contributed by atoms with Crippen LogP contribution in [0.25, 0.3) is 0 Å². The highest BCUT2D eigenvalue weighted by Gasteiger charge is 2.18. The molecule has 1 aromatic carbocycles. The lowest BCUT2D eigenvalue weighted by molar-refractivity contribution is -0.150. The molecule has 2 unspecified atom stereocenters. The van der Waals surface area contributed by atoms with Gasteiger partial charge >= 0.3 is 12.0 Å². The van der Waals surface area contributed by atoms with E-state index < -0.39 is 24.1 Å². The number of urea groups is 1. The number of primary amides is 1. The van der Waals surface area contributed by atoms with E-state index in [1.807, 2.05) is 0 Å². The van der Waals surface area contributed by atoms with Crippen LogP contribution >= 0.6 is 0 Å². The van der Waals surface area contributed by atoms with E-state index in [4.69, 9.17) is 11.5 Å². The van der Waals surface area contributed by atoms with Gasteiger partial charge in [0, 0.05) is 12.2 Å². The summed E-state index contributed by atoms with van der Waals surface area (Å²) in [6, 6.07) is 4.72. The number of nitrogens with one attached hydrogen (secondary N) is 2. The Balaban J connectivity index is 2.49. The fraction of sp³-hybridized carbons (Fsp3) is 0.400. The van der Waals surface area contributed by atoms with Crippen molar-refractivity contribution in [3.05, 3.63) is 29.8 Å². The Labute approximate surface area is 139 Å². The number of ether oxygens (including phenoxy) is 1. The summed E-state index contributed by atoms with van der Waals surface area (Å²) >= 11 is 0. The lowest BCUT2D eigenvalue weighted by Crippen LogP contribution is -2.37. The average molecular weight is 338 g/mol. The molecule has 0 aliphatic carbocycles. The number of nitrogens with two attached hydrogens (primary N) is 2. The van der Waals surface area contributed by atoms with Gasteiger partial charge in [-0.3, -0.25) is 4.79 Å². The Morgan fingerprint density at radius 1 is 1.25 bits per heavy atom. The van der Waals surface area contributed by atoms with Crippen molar-refractivity contribution in [3.8, 4) is 0 Å². The first-order valence-corrected chi connectivity index (χ1v) is 7.30. The van der Waals surface area contributed by atoms with Crippen LogP contribution < -0.4 is 22.1 Å². The molecule has 9 nitrogen and oxygen atoms in total. The summed E-state index contributed by atoms with van der Waals surface area (Å²) in [4.78, 5) is 33.7. The second kappa shape index (κ2) is 9.48. The number of hydrogen-bond donors (Lipinski definition) is 5. The van der Waals surface area contributed by atoms with Gasteiger partial charge in [-0.15, -0.1) is 0 Å². The number of methoxy groups -OCH3 is 1. The van der Waals surface area contributed by atoms with E-state index in [1.165, 1.54) is 19.2 Å². The maximum absolute atomic E-state index is 11.9. The maximum Gasteiger partial charge on any atom is 0.339 e. The first kappa shape index (κ1) is 19.4. The standard InChI is InChI=1S/C15H22N4O5/c1-24-14(22)12(20)9-4-6-10(7-5-9)19-13(21)11(16)3-2-8-18-15(17)23/h4-7,11-12,20H,2-3,8,16H2,1H3,(H,19,21)(H3,17,18,23). The molecule has 0 aliphatic heterocycles. The van der Waals surface area contributed by atoms with Crippen molar-refractivity contribution in [2.24, 2.45) is 11.5 Å². The van der Waals surface area contributed by atoms with Crippen LogP contribution in [0.5, 0.6) is 0 Å². The summed E-state index contributed by atoms with van der Waals surface area (Å²) in [7, 11) is 1.18. The molecule has 3 amide bonds. The summed E-state index contributed by atoms with van der Waals surface area (Å²) in [6.07, 6.45) is -0.479. The van der Waals surface area contributed by atoms with Crippen LogP contribution in [-0.2, 0) is 14.3 Å². The lowest BCUT2D eigenvalue weighted by atomic mass is 10.1. The van der Waals surface area contributed by atoms with Crippen molar-refractivity contribution in [3.63, 3.8) is 0 Å². The number of hydrogen-bond acceptors (Lipinski definition) is 6. The molecule has 0 aromatic heterocycles. The average Bonchev–Trinajstić information content (AvgIpc) is 2.57. The van der Waals surface area contributed by atoms with Gasteiger partial charge in [-0.25, -0.2) is 9.59 Å². The van der Waals surface area contributed by atoms with Crippen LogP contribution in [0.3, 0.4) is 0 Å². The third kappa shape index (κ3) is 6.23. The zero-order valence-electron chi connectivity index (χ0n) is 13.3. The van der Waals surface area contributed by atoms with E-state index in [0.717, 1.165) is 0 Å². The molecule has 0 fully saturated rings. The predicted molar refractivity (Wildman–Crippen MR) is 86.8 cm³/mol. The Kier molecular flexibility index (Phi) is 7.66. The molecule has 0 heterocycles. The minimum absolute atomic E-state index is 0.344. The van der Waals surface area contributed by atoms with Crippen LogP contribution in [0.2, 0.25) is 0 Å². The molecule has 7 N–H and O–H groups in total. The lowest BCUT2D eigenvalue weighted by Gasteiger charge is -2.13. The molecule has 0 saturated carbocycles. The van der Waals surface area contributed by atoms with E-state index in [2.05, 4.69) is 15.4 Å². The van der Waals surface area contributed by atoms with Crippen molar-refractivity contribution >= 4 is 23.6 Å². The van der Waals surface area contributed by atoms with Crippen molar-refractivity contribution in [2.75, 3.05) is 19.0 Å². The Morgan fingerprint density at radius 2 is 1.88 bits per heavy atom. The number of aliphatic hydroxyl groups excluding tert-OH is 1. The van der Waals surface area contributed by atoms with Gasteiger partial charge in [0.1, 0.15) is 0 Å². The number of benzene rings is 1. The van der Waals surface area contributed by atoms with Crippen molar-refractivity contribution < 1.29 is 24.2 Å².